The van der Waals surface area contributed by atoms with Gasteiger partial charge in [-0.2, -0.15) is 0 Å². The van der Waals surface area contributed by atoms with E-state index in [1.807, 2.05) is 29.2 Å². The first kappa shape index (κ1) is 15.8. The number of nitrogens with one attached hydrogen (secondary N) is 1. The number of hydrogen-bond acceptors (Lipinski definition) is 4. The average Bonchev–Trinajstić information content (AvgIpc) is 3.07. The van der Waals surface area contributed by atoms with E-state index >= 15 is 0 Å². The Balaban J connectivity index is 1.67. The fourth-order valence-electron chi connectivity index (χ4n) is 2.82. The first-order valence-electron chi connectivity index (χ1n) is 7.84. The number of hydrogen-bond donors (Lipinski definition) is 1. The fourth-order valence-corrected chi connectivity index (χ4v) is 3.41. The van der Waals surface area contributed by atoms with Crippen molar-refractivity contribution in [3.05, 3.63) is 48.4 Å². The van der Waals surface area contributed by atoms with E-state index in [-0.39, 0.29) is 12.1 Å². The highest BCUT2D eigenvalue weighted by Crippen LogP contribution is 2.32. The van der Waals surface area contributed by atoms with Gasteiger partial charge >= 0.3 is 6.03 Å². The molecule has 1 atom stereocenters. The molecule has 0 aliphatic carbocycles. The van der Waals surface area contributed by atoms with Gasteiger partial charge in [-0.3, -0.25) is 4.98 Å². The Bertz CT molecular complexity index is 647. The first-order valence-corrected chi connectivity index (χ1v) is 8.83. The van der Waals surface area contributed by atoms with Crippen LogP contribution in [-0.2, 0) is 0 Å². The van der Waals surface area contributed by atoms with Gasteiger partial charge in [-0.05, 0) is 48.4 Å². The third-order valence-corrected chi connectivity index (χ3v) is 4.71. The Hall–Kier alpha value is -2.08. The van der Waals surface area contributed by atoms with Crippen molar-refractivity contribution in [2.24, 2.45) is 0 Å². The maximum Gasteiger partial charge on any atom is 0.322 e. The molecule has 1 N–H and O–H groups in total. The summed E-state index contributed by atoms with van der Waals surface area (Å²) in [5.74, 6) is 0.986. The molecule has 2 aromatic heterocycles. The second kappa shape index (κ2) is 7.46. The van der Waals surface area contributed by atoms with Crippen LogP contribution in [0.3, 0.4) is 0 Å². The van der Waals surface area contributed by atoms with Crippen LogP contribution in [0.4, 0.5) is 10.5 Å². The molecule has 2 amide bonds. The Morgan fingerprint density at radius 2 is 2.17 bits per heavy atom. The minimum atomic E-state index is -0.0676. The Morgan fingerprint density at radius 3 is 2.87 bits per heavy atom. The summed E-state index contributed by atoms with van der Waals surface area (Å²) in [6.07, 6.45) is 7.27. The number of carbonyl (C=O) groups is 1. The predicted octanol–water partition coefficient (Wildman–Crippen LogP) is 3.96. The topological polar surface area (TPSA) is 58.1 Å². The number of aromatic nitrogens is 2. The molecule has 0 unspecified atom stereocenters. The van der Waals surface area contributed by atoms with Gasteiger partial charge in [0.2, 0.25) is 0 Å². The summed E-state index contributed by atoms with van der Waals surface area (Å²) in [7, 11) is 0. The number of anilines is 1. The molecule has 6 heteroatoms. The second-order valence-corrected chi connectivity index (χ2v) is 6.66. The van der Waals surface area contributed by atoms with E-state index in [0.29, 0.717) is 0 Å². The number of thioether (sulfide) groups is 1. The van der Waals surface area contributed by atoms with Gasteiger partial charge in [0.1, 0.15) is 0 Å². The van der Waals surface area contributed by atoms with Gasteiger partial charge < -0.3 is 10.2 Å². The number of amides is 2. The minimum absolute atomic E-state index is 0.0676. The molecule has 23 heavy (non-hydrogen) atoms. The van der Waals surface area contributed by atoms with Crippen molar-refractivity contribution in [3.8, 4) is 0 Å². The van der Waals surface area contributed by atoms with Crippen LogP contribution in [0.15, 0.2) is 47.9 Å². The van der Waals surface area contributed by atoms with Crippen molar-refractivity contribution in [1.82, 2.24) is 14.9 Å². The zero-order chi connectivity index (χ0) is 16.1. The summed E-state index contributed by atoms with van der Waals surface area (Å²) in [5.41, 5.74) is 1.87. The van der Waals surface area contributed by atoms with E-state index < -0.39 is 0 Å². The number of carbonyl (C=O) groups excluding carboxylic acids is 1. The van der Waals surface area contributed by atoms with Gasteiger partial charge in [0, 0.05) is 18.9 Å². The molecule has 0 spiro atoms. The van der Waals surface area contributed by atoms with Gasteiger partial charge in [0.05, 0.1) is 23.0 Å². The number of urea groups is 1. The molecule has 1 fully saturated rings. The zero-order valence-corrected chi connectivity index (χ0v) is 13.9. The van der Waals surface area contributed by atoms with Crippen LogP contribution in [0.25, 0.3) is 0 Å². The zero-order valence-electron chi connectivity index (χ0n) is 13.1. The maximum absolute atomic E-state index is 12.6. The van der Waals surface area contributed by atoms with E-state index in [4.69, 9.17) is 0 Å². The largest absolute Gasteiger partial charge is 0.322 e. The standard InChI is InChI=1S/C17H20N4OS/c1-2-23-16-6-5-14(12-19-16)20-17(22)21-11-3-4-15(21)13-7-9-18-10-8-13/h5-10,12,15H,2-4,11H2,1H3,(H,20,22)/t15-/m1/s1. The van der Waals surface area contributed by atoms with E-state index in [1.165, 1.54) is 0 Å². The molecule has 0 saturated carbocycles. The van der Waals surface area contributed by atoms with Crippen molar-refractivity contribution in [3.63, 3.8) is 0 Å². The highest BCUT2D eigenvalue weighted by molar-refractivity contribution is 7.99. The van der Waals surface area contributed by atoms with Crippen molar-refractivity contribution >= 4 is 23.5 Å². The number of pyridine rings is 2. The molecular formula is C17H20N4OS. The fraction of sp³-hybridized carbons (Fsp3) is 0.353. The van der Waals surface area contributed by atoms with Crippen molar-refractivity contribution < 1.29 is 4.79 Å². The monoisotopic (exact) mass is 328 g/mol. The third kappa shape index (κ3) is 3.82. The molecule has 2 aromatic rings. The van der Waals surface area contributed by atoms with Crippen molar-refractivity contribution in [2.45, 2.75) is 30.8 Å². The van der Waals surface area contributed by atoms with E-state index in [0.717, 1.165) is 41.4 Å². The normalized spacial score (nSPS) is 17.3. The first-order chi connectivity index (χ1) is 11.3. The number of nitrogens with zero attached hydrogens (tertiary/aromatic N) is 3. The summed E-state index contributed by atoms with van der Waals surface area (Å²) in [5, 5.41) is 3.93. The predicted molar refractivity (Wildman–Crippen MR) is 92.6 cm³/mol. The van der Waals surface area contributed by atoms with Gasteiger partial charge in [-0.25, -0.2) is 9.78 Å². The SMILES string of the molecule is CCSc1ccc(NC(=O)N2CCC[C@@H]2c2ccncc2)cn1. The van der Waals surface area contributed by atoms with Crippen LogP contribution < -0.4 is 5.32 Å². The van der Waals surface area contributed by atoms with E-state index in [1.54, 1.807) is 30.4 Å². The third-order valence-electron chi connectivity index (χ3n) is 3.88. The number of rotatable bonds is 4. The average molecular weight is 328 g/mol. The number of likely N-dealkylation sites (tertiary alicyclic amines) is 1. The summed E-state index contributed by atoms with van der Waals surface area (Å²) in [6, 6.07) is 7.86. The Morgan fingerprint density at radius 1 is 1.35 bits per heavy atom. The lowest BCUT2D eigenvalue weighted by Gasteiger charge is -2.25. The summed E-state index contributed by atoms with van der Waals surface area (Å²) >= 11 is 1.69. The van der Waals surface area contributed by atoms with Crippen LogP contribution in [0.1, 0.15) is 31.4 Å². The van der Waals surface area contributed by atoms with Gasteiger partial charge in [-0.1, -0.05) is 6.92 Å². The second-order valence-electron chi connectivity index (χ2n) is 5.38. The highest BCUT2D eigenvalue weighted by Gasteiger charge is 2.29. The van der Waals surface area contributed by atoms with Crippen molar-refractivity contribution in [1.29, 1.82) is 0 Å². The molecule has 1 aliphatic heterocycles. The van der Waals surface area contributed by atoms with Gasteiger partial charge in [0.25, 0.3) is 0 Å². The Labute approximate surface area is 140 Å². The molecule has 120 valence electrons. The lowest BCUT2D eigenvalue weighted by molar-refractivity contribution is 0.207. The highest BCUT2D eigenvalue weighted by atomic mass is 32.2. The molecule has 0 aromatic carbocycles. The van der Waals surface area contributed by atoms with E-state index in [2.05, 4.69) is 22.2 Å². The van der Waals surface area contributed by atoms with E-state index in [9.17, 15) is 4.79 Å². The molecule has 1 aliphatic rings. The van der Waals surface area contributed by atoms with Crippen LogP contribution in [-0.4, -0.2) is 33.2 Å². The van der Waals surface area contributed by atoms with Crippen molar-refractivity contribution in [2.75, 3.05) is 17.6 Å². The van der Waals surface area contributed by atoms with Gasteiger partial charge in [0.15, 0.2) is 0 Å². The molecular weight excluding hydrogens is 308 g/mol. The molecule has 3 heterocycles. The van der Waals surface area contributed by atoms with Crippen LogP contribution in [0.2, 0.25) is 0 Å². The smallest absolute Gasteiger partial charge is 0.317 e. The summed E-state index contributed by atoms with van der Waals surface area (Å²) < 4.78 is 0. The van der Waals surface area contributed by atoms with Crippen LogP contribution >= 0.6 is 11.8 Å². The molecule has 1 saturated heterocycles. The van der Waals surface area contributed by atoms with Crippen LogP contribution in [0, 0.1) is 0 Å². The summed E-state index contributed by atoms with van der Waals surface area (Å²) in [6.45, 7) is 2.87. The van der Waals surface area contributed by atoms with Crippen LogP contribution in [0.5, 0.6) is 0 Å². The lowest BCUT2D eigenvalue weighted by atomic mass is 10.1. The Kier molecular flexibility index (Phi) is 5.12. The minimum Gasteiger partial charge on any atom is -0.317 e. The quantitative estimate of drug-likeness (QED) is 0.863. The molecule has 0 radical (unpaired) electrons. The maximum atomic E-state index is 12.6. The molecule has 5 nitrogen and oxygen atoms in total. The van der Waals surface area contributed by atoms with Gasteiger partial charge in [-0.15, -0.1) is 11.8 Å². The summed E-state index contributed by atoms with van der Waals surface area (Å²) in [4.78, 5) is 22.9. The lowest BCUT2D eigenvalue weighted by Crippen LogP contribution is -2.34. The molecule has 3 rings (SSSR count). The molecule has 0 bridgehead atoms.